The van der Waals surface area contributed by atoms with Gasteiger partial charge in [-0.15, -0.1) is 0 Å². The van der Waals surface area contributed by atoms with E-state index >= 15 is 0 Å². The fourth-order valence-corrected chi connectivity index (χ4v) is 3.53. The molecule has 2 aromatic carbocycles. The maximum absolute atomic E-state index is 12.7. The zero-order chi connectivity index (χ0) is 20.7. The van der Waals surface area contributed by atoms with E-state index < -0.39 is 0 Å². The molecule has 7 nitrogen and oxygen atoms in total. The lowest BCUT2D eigenvalue weighted by molar-refractivity contribution is 0.102. The zero-order valence-electron chi connectivity index (χ0n) is 16.6. The molecule has 0 spiro atoms. The molecule has 7 heteroatoms. The number of pyridine rings is 1. The summed E-state index contributed by atoms with van der Waals surface area (Å²) < 4.78 is 3.86. The summed E-state index contributed by atoms with van der Waals surface area (Å²) in [5.74, 6) is -0.186. The van der Waals surface area contributed by atoms with Gasteiger partial charge in [0, 0.05) is 22.7 Å². The molecular formula is C23H20N6O. The Morgan fingerprint density at radius 2 is 1.80 bits per heavy atom. The van der Waals surface area contributed by atoms with Gasteiger partial charge in [-0.05, 0) is 56.3 Å². The van der Waals surface area contributed by atoms with Crippen LogP contribution < -0.4 is 5.32 Å². The first-order valence-corrected chi connectivity index (χ1v) is 9.77. The Bertz CT molecular complexity index is 1360. The highest BCUT2D eigenvalue weighted by molar-refractivity contribution is 6.05. The van der Waals surface area contributed by atoms with E-state index in [1.54, 1.807) is 18.7 Å². The van der Waals surface area contributed by atoms with Gasteiger partial charge in [0.2, 0.25) is 0 Å². The van der Waals surface area contributed by atoms with Gasteiger partial charge in [0.05, 0.1) is 29.1 Å². The van der Waals surface area contributed by atoms with Crippen LogP contribution in [0.5, 0.6) is 0 Å². The van der Waals surface area contributed by atoms with Crippen molar-refractivity contribution < 1.29 is 4.79 Å². The molecule has 148 valence electrons. The summed E-state index contributed by atoms with van der Waals surface area (Å²) in [4.78, 5) is 21.6. The van der Waals surface area contributed by atoms with Gasteiger partial charge in [-0.1, -0.05) is 12.1 Å². The Balaban J connectivity index is 1.37. The maximum Gasteiger partial charge on any atom is 0.255 e. The Morgan fingerprint density at radius 3 is 2.60 bits per heavy atom. The van der Waals surface area contributed by atoms with Crippen molar-refractivity contribution in [2.75, 3.05) is 5.32 Å². The highest BCUT2D eigenvalue weighted by Gasteiger charge is 2.11. The van der Waals surface area contributed by atoms with Crippen LogP contribution in [0.2, 0.25) is 0 Å². The van der Waals surface area contributed by atoms with E-state index in [0.717, 1.165) is 27.8 Å². The molecule has 1 N–H and O–H groups in total. The number of imidazole rings is 1. The van der Waals surface area contributed by atoms with Crippen molar-refractivity contribution in [3.63, 3.8) is 0 Å². The predicted octanol–water partition coefficient (Wildman–Crippen LogP) is 4.60. The van der Waals surface area contributed by atoms with E-state index in [9.17, 15) is 4.79 Å². The molecule has 0 saturated heterocycles. The summed E-state index contributed by atoms with van der Waals surface area (Å²) in [5.41, 5.74) is 4.92. The summed E-state index contributed by atoms with van der Waals surface area (Å²) in [5, 5.41) is 8.17. The SMILES string of the molecule is CC(C)n1ncc2cc(NC(=O)c3ccc(-n4cnc5ccccc54)cc3)cnc21. The molecule has 0 radical (unpaired) electrons. The average Bonchev–Trinajstić information content (AvgIpc) is 3.38. The minimum Gasteiger partial charge on any atom is -0.321 e. The standard InChI is InChI=1S/C23H20N6O/c1-15(2)29-22-17(12-26-29)11-18(13-24-22)27-23(30)16-7-9-19(10-8-16)28-14-25-20-5-3-4-6-21(20)28/h3-15H,1-2H3,(H,27,30). The molecule has 0 fully saturated rings. The fraction of sp³-hybridized carbons (Fsp3) is 0.130. The molecule has 0 unspecified atom stereocenters. The second-order valence-electron chi connectivity index (χ2n) is 7.42. The number of rotatable bonds is 4. The molecule has 5 aromatic rings. The van der Waals surface area contributed by atoms with Crippen LogP contribution in [0.15, 0.2) is 73.3 Å². The summed E-state index contributed by atoms with van der Waals surface area (Å²) >= 11 is 0. The van der Waals surface area contributed by atoms with Crippen LogP contribution >= 0.6 is 0 Å². The number of nitrogens with one attached hydrogen (secondary N) is 1. The maximum atomic E-state index is 12.7. The number of para-hydroxylation sites is 2. The lowest BCUT2D eigenvalue weighted by atomic mass is 10.2. The zero-order valence-corrected chi connectivity index (χ0v) is 16.6. The van der Waals surface area contributed by atoms with E-state index in [1.165, 1.54) is 0 Å². The Hall–Kier alpha value is -4.00. The van der Waals surface area contributed by atoms with Gasteiger partial charge in [-0.25, -0.2) is 14.6 Å². The largest absolute Gasteiger partial charge is 0.321 e. The number of anilines is 1. The Morgan fingerprint density at radius 1 is 1.00 bits per heavy atom. The monoisotopic (exact) mass is 396 g/mol. The number of hydrogen-bond acceptors (Lipinski definition) is 4. The van der Waals surface area contributed by atoms with Gasteiger partial charge in [-0.2, -0.15) is 5.10 Å². The third kappa shape index (κ3) is 3.10. The minimum atomic E-state index is -0.186. The van der Waals surface area contributed by atoms with Gasteiger partial charge < -0.3 is 5.32 Å². The first-order chi connectivity index (χ1) is 14.6. The summed E-state index contributed by atoms with van der Waals surface area (Å²) in [6, 6.07) is 17.5. The van der Waals surface area contributed by atoms with Crippen LogP contribution in [0, 0.1) is 0 Å². The van der Waals surface area contributed by atoms with Crippen LogP contribution in [0.1, 0.15) is 30.2 Å². The number of hydrogen-bond donors (Lipinski definition) is 1. The molecule has 0 aliphatic carbocycles. The van der Waals surface area contributed by atoms with Crippen LogP contribution in [0.25, 0.3) is 27.8 Å². The molecule has 5 rings (SSSR count). The molecule has 0 aliphatic heterocycles. The second kappa shape index (κ2) is 7.11. The van der Waals surface area contributed by atoms with Crippen LogP contribution in [0.4, 0.5) is 5.69 Å². The Kier molecular flexibility index (Phi) is 4.28. The molecule has 30 heavy (non-hydrogen) atoms. The van der Waals surface area contributed by atoms with Crippen molar-refractivity contribution >= 4 is 33.7 Å². The fourth-order valence-electron chi connectivity index (χ4n) is 3.53. The van der Waals surface area contributed by atoms with Gasteiger partial charge >= 0.3 is 0 Å². The topological polar surface area (TPSA) is 77.6 Å². The Labute approximate surface area is 173 Å². The van der Waals surface area contributed by atoms with Crippen molar-refractivity contribution in [3.05, 3.63) is 78.9 Å². The van der Waals surface area contributed by atoms with E-state index in [0.29, 0.717) is 11.3 Å². The molecule has 3 aromatic heterocycles. The summed E-state index contributed by atoms with van der Waals surface area (Å²) in [7, 11) is 0. The molecule has 0 saturated carbocycles. The van der Waals surface area contributed by atoms with Gasteiger partial charge in [-0.3, -0.25) is 9.36 Å². The highest BCUT2D eigenvalue weighted by atomic mass is 16.1. The van der Waals surface area contributed by atoms with Gasteiger partial charge in [0.1, 0.15) is 6.33 Å². The number of carbonyl (C=O) groups excluding carboxylic acids is 1. The molecular weight excluding hydrogens is 376 g/mol. The third-order valence-electron chi connectivity index (χ3n) is 5.04. The minimum absolute atomic E-state index is 0.186. The predicted molar refractivity (Wildman–Crippen MR) is 117 cm³/mol. The second-order valence-corrected chi connectivity index (χ2v) is 7.42. The summed E-state index contributed by atoms with van der Waals surface area (Å²) in [6.07, 6.45) is 5.22. The number of carbonyl (C=O) groups is 1. The number of nitrogens with zero attached hydrogens (tertiary/aromatic N) is 5. The molecule has 0 atom stereocenters. The van der Waals surface area contributed by atoms with Crippen molar-refractivity contribution in [3.8, 4) is 5.69 Å². The van der Waals surface area contributed by atoms with E-state index in [1.807, 2.05) is 63.8 Å². The third-order valence-corrected chi connectivity index (χ3v) is 5.04. The molecule has 3 heterocycles. The van der Waals surface area contributed by atoms with Crippen molar-refractivity contribution in [1.82, 2.24) is 24.3 Å². The molecule has 1 amide bonds. The molecule has 0 aliphatic rings. The van der Waals surface area contributed by atoms with Crippen LogP contribution in [0.3, 0.4) is 0 Å². The van der Waals surface area contributed by atoms with Crippen molar-refractivity contribution in [2.45, 2.75) is 19.9 Å². The number of aromatic nitrogens is 5. The number of benzene rings is 2. The van der Waals surface area contributed by atoms with E-state index in [-0.39, 0.29) is 11.9 Å². The average molecular weight is 396 g/mol. The normalized spacial score (nSPS) is 11.4. The number of fused-ring (bicyclic) bond motifs is 2. The van der Waals surface area contributed by atoms with E-state index in [4.69, 9.17) is 0 Å². The first kappa shape index (κ1) is 18.1. The number of amides is 1. The summed E-state index contributed by atoms with van der Waals surface area (Å²) in [6.45, 7) is 4.11. The first-order valence-electron chi connectivity index (χ1n) is 9.77. The van der Waals surface area contributed by atoms with Crippen molar-refractivity contribution in [1.29, 1.82) is 0 Å². The quantitative estimate of drug-likeness (QED) is 0.481. The smallest absolute Gasteiger partial charge is 0.255 e. The van der Waals surface area contributed by atoms with E-state index in [2.05, 4.69) is 34.2 Å². The highest BCUT2D eigenvalue weighted by Crippen LogP contribution is 2.21. The van der Waals surface area contributed by atoms with Crippen LogP contribution in [-0.4, -0.2) is 30.2 Å². The molecule has 0 bridgehead atoms. The lowest BCUT2D eigenvalue weighted by Gasteiger charge is -2.09. The van der Waals surface area contributed by atoms with Gasteiger partial charge in [0.15, 0.2) is 5.65 Å². The van der Waals surface area contributed by atoms with Crippen LogP contribution in [-0.2, 0) is 0 Å². The van der Waals surface area contributed by atoms with Crippen molar-refractivity contribution in [2.24, 2.45) is 0 Å². The van der Waals surface area contributed by atoms with Gasteiger partial charge in [0.25, 0.3) is 5.91 Å². The lowest BCUT2D eigenvalue weighted by Crippen LogP contribution is -2.12.